The largest absolute Gasteiger partial charge is 0.468 e. The fourth-order valence-electron chi connectivity index (χ4n) is 1.45. The van der Waals surface area contributed by atoms with E-state index in [1.807, 2.05) is 0 Å². The number of nitrogens with zero attached hydrogens (tertiary/aromatic N) is 2. The first kappa shape index (κ1) is 14.2. The number of ether oxygens (including phenoxy) is 1. The maximum atomic E-state index is 13.1. The van der Waals surface area contributed by atoms with Crippen molar-refractivity contribution in [3.05, 3.63) is 29.6 Å². The molecule has 0 N–H and O–H groups in total. The number of hydrogen-bond donors (Lipinski definition) is 0. The molecule has 0 amide bonds. The molecule has 0 spiro atoms. The molecule has 0 fully saturated rings. The first-order valence-corrected chi connectivity index (χ1v) is 5.60. The Labute approximate surface area is 104 Å². The first-order valence-electron chi connectivity index (χ1n) is 5.60. The maximum Gasteiger partial charge on any atom is 0.293 e. The SMILES string of the molecule is CCOC=O.Fc1ccc(C2=NCCC2)c(F)n1. The molecule has 0 radical (unpaired) electrons. The Morgan fingerprint density at radius 3 is 2.67 bits per heavy atom. The molecule has 4 nitrogen and oxygen atoms in total. The van der Waals surface area contributed by atoms with Gasteiger partial charge in [-0.1, -0.05) is 0 Å². The van der Waals surface area contributed by atoms with Crippen LogP contribution in [0.5, 0.6) is 0 Å². The summed E-state index contributed by atoms with van der Waals surface area (Å²) in [5.74, 6) is -1.56. The van der Waals surface area contributed by atoms with Gasteiger partial charge in [-0.3, -0.25) is 9.79 Å². The second-order valence-electron chi connectivity index (χ2n) is 3.46. The van der Waals surface area contributed by atoms with Crippen molar-refractivity contribution in [2.24, 2.45) is 4.99 Å². The monoisotopic (exact) mass is 256 g/mol. The summed E-state index contributed by atoms with van der Waals surface area (Å²) >= 11 is 0. The van der Waals surface area contributed by atoms with Crippen LogP contribution in [0.2, 0.25) is 0 Å². The van der Waals surface area contributed by atoms with Gasteiger partial charge in [-0.15, -0.1) is 0 Å². The molecular weight excluding hydrogens is 242 g/mol. The lowest BCUT2D eigenvalue weighted by Crippen LogP contribution is -2.03. The summed E-state index contributed by atoms with van der Waals surface area (Å²) in [5.41, 5.74) is 1.03. The van der Waals surface area contributed by atoms with Gasteiger partial charge in [0.05, 0.1) is 12.2 Å². The van der Waals surface area contributed by atoms with Gasteiger partial charge in [0.1, 0.15) is 0 Å². The van der Waals surface area contributed by atoms with Crippen LogP contribution in [0, 0.1) is 11.9 Å². The van der Waals surface area contributed by atoms with E-state index in [9.17, 15) is 13.6 Å². The van der Waals surface area contributed by atoms with E-state index in [4.69, 9.17) is 0 Å². The van der Waals surface area contributed by atoms with Gasteiger partial charge in [0.15, 0.2) is 0 Å². The predicted molar refractivity (Wildman–Crippen MR) is 62.5 cm³/mol. The number of hydrogen-bond acceptors (Lipinski definition) is 4. The van der Waals surface area contributed by atoms with Crippen molar-refractivity contribution in [2.75, 3.05) is 13.2 Å². The van der Waals surface area contributed by atoms with Crippen molar-refractivity contribution < 1.29 is 18.3 Å². The van der Waals surface area contributed by atoms with Gasteiger partial charge in [-0.2, -0.15) is 13.8 Å². The number of carbonyl (C=O) groups excluding carboxylic acids is 1. The lowest BCUT2D eigenvalue weighted by atomic mass is 10.1. The fraction of sp³-hybridized carbons (Fsp3) is 0.417. The number of halogens is 2. The molecule has 1 aliphatic heterocycles. The molecule has 1 aliphatic rings. The molecule has 0 saturated heterocycles. The number of aliphatic imine (C=N–C) groups is 1. The highest BCUT2D eigenvalue weighted by molar-refractivity contribution is 6.01. The Bertz CT molecular complexity index is 436. The summed E-state index contributed by atoms with van der Waals surface area (Å²) in [4.78, 5) is 16.4. The molecule has 6 heteroatoms. The van der Waals surface area contributed by atoms with Crippen LogP contribution >= 0.6 is 0 Å². The van der Waals surface area contributed by atoms with Crippen LogP contribution in [0.25, 0.3) is 0 Å². The molecule has 0 saturated carbocycles. The number of aromatic nitrogens is 1. The smallest absolute Gasteiger partial charge is 0.293 e. The van der Waals surface area contributed by atoms with Gasteiger partial charge in [0, 0.05) is 12.3 Å². The quantitative estimate of drug-likeness (QED) is 0.615. The van der Waals surface area contributed by atoms with Crippen LogP contribution in [0.3, 0.4) is 0 Å². The highest BCUT2D eigenvalue weighted by Crippen LogP contribution is 2.15. The minimum atomic E-state index is -0.792. The van der Waals surface area contributed by atoms with E-state index in [-0.39, 0.29) is 0 Å². The Morgan fingerprint density at radius 1 is 1.44 bits per heavy atom. The molecule has 0 aromatic carbocycles. The second kappa shape index (κ2) is 7.47. The van der Waals surface area contributed by atoms with E-state index in [0.717, 1.165) is 25.5 Å². The molecule has 18 heavy (non-hydrogen) atoms. The summed E-state index contributed by atoms with van der Waals surface area (Å²) in [7, 11) is 0. The van der Waals surface area contributed by atoms with Crippen molar-refractivity contribution in [3.8, 4) is 0 Å². The molecule has 2 rings (SSSR count). The molecule has 0 unspecified atom stereocenters. The summed E-state index contributed by atoms with van der Waals surface area (Å²) < 4.78 is 29.7. The van der Waals surface area contributed by atoms with Crippen LogP contribution in [0.1, 0.15) is 25.3 Å². The molecule has 0 aliphatic carbocycles. The topological polar surface area (TPSA) is 51.5 Å². The highest BCUT2D eigenvalue weighted by Gasteiger charge is 2.14. The van der Waals surface area contributed by atoms with Gasteiger partial charge >= 0.3 is 0 Å². The Kier molecular flexibility index (Phi) is 5.90. The summed E-state index contributed by atoms with van der Waals surface area (Å²) in [5, 5.41) is 0. The standard InChI is InChI=1S/C9H8F2N2.C3H6O2/c10-8-4-3-6(9(11)13-8)7-2-1-5-12-7;1-2-5-3-4/h3-4H,1-2,5H2;3H,2H2,1H3. The molecule has 1 aromatic heterocycles. The molecule has 98 valence electrons. The van der Waals surface area contributed by atoms with Gasteiger partial charge in [0.25, 0.3) is 6.47 Å². The van der Waals surface area contributed by atoms with Gasteiger partial charge < -0.3 is 4.74 Å². The van der Waals surface area contributed by atoms with Crippen LogP contribution in [-0.4, -0.2) is 30.3 Å². The van der Waals surface area contributed by atoms with Gasteiger partial charge in [0.2, 0.25) is 11.9 Å². The number of pyridine rings is 1. The van der Waals surface area contributed by atoms with E-state index in [0.29, 0.717) is 24.4 Å². The minimum absolute atomic E-state index is 0.332. The molecule has 2 heterocycles. The minimum Gasteiger partial charge on any atom is -0.468 e. The van der Waals surface area contributed by atoms with Crippen molar-refractivity contribution >= 4 is 12.2 Å². The van der Waals surface area contributed by atoms with Gasteiger partial charge in [-0.25, -0.2) is 0 Å². The third-order valence-corrected chi connectivity index (χ3v) is 2.23. The second-order valence-corrected chi connectivity index (χ2v) is 3.46. The zero-order valence-electron chi connectivity index (χ0n) is 10.0. The molecule has 0 atom stereocenters. The lowest BCUT2D eigenvalue weighted by molar-refractivity contribution is -0.128. The van der Waals surface area contributed by atoms with E-state index in [1.54, 1.807) is 6.92 Å². The van der Waals surface area contributed by atoms with Crippen molar-refractivity contribution in [2.45, 2.75) is 19.8 Å². The Hall–Kier alpha value is -1.85. The van der Waals surface area contributed by atoms with Gasteiger partial charge in [-0.05, 0) is 31.9 Å². The highest BCUT2D eigenvalue weighted by atomic mass is 19.1. The Morgan fingerprint density at radius 2 is 2.22 bits per heavy atom. The number of rotatable bonds is 3. The Balaban J connectivity index is 0.000000280. The molecule has 0 bridgehead atoms. The average Bonchev–Trinajstić information content (AvgIpc) is 2.84. The fourth-order valence-corrected chi connectivity index (χ4v) is 1.45. The lowest BCUT2D eigenvalue weighted by Gasteiger charge is -2.00. The van der Waals surface area contributed by atoms with Crippen molar-refractivity contribution in [1.29, 1.82) is 0 Å². The summed E-state index contributed by atoms with van der Waals surface area (Å²) in [6, 6.07) is 2.54. The van der Waals surface area contributed by atoms with Crippen molar-refractivity contribution in [3.63, 3.8) is 0 Å². The zero-order chi connectivity index (χ0) is 13.4. The maximum absolute atomic E-state index is 13.1. The van der Waals surface area contributed by atoms with E-state index in [1.165, 1.54) is 6.07 Å². The third kappa shape index (κ3) is 4.20. The molecule has 1 aromatic rings. The first-order chi connectivity index (χ1) is 8.69. The van der Waals surface area contributed by atoms with Crippen molar-refractivity contribution in [1.82, 2.24) is 4.98 Å². The summed E-state index contributed by atoms with van der Waals surface area (Å²) in [6.45, 7) is 3.39. The van der Waals surface area contributed by atoms with Crippen LogP contribution < -0.4 is 0 Å². The van der Waals surface area contributed by atoms with Crippen LogP contribution in [0.4, 0.5) is 8.78 Å². The van der Waals surface area contributed by atoms with E-state index < -0.39 is 11.9 Å². The third-order valence-electron chi connectivity index (χ3n) is 2.23. The molecular formula is C12H14F2N2O2. The average molecular weight is 256 g/mol. The predicted octanol–water partition coefficient (Wildman–Crippen LogP) is 2.12. The van der Waals surface area contributed by atoms with Crippen LogP contribution in [0.15, 0.2) is 17.1 Å². The van der Waals surface area contributed by atoms with E-state index in [2.05, 4.69) is 14.7 Å². The number of carbonyl (C=O) groups is 1. The summed E-state index contributed by atoms with van der Waals surface area (Å²) in [6.07, 6.45) is 1.69. The normalized spacial score (nSPS) is 13.4. The zero-order valence-corrected chi connectivity index (χ0v) is 10.0. The van der Waals surface area contributed by atoms with Crippen LogP contribution in [-0.2, 0) is 9.53 Å². The van der Waals surface area contributed by atoms with E-state index >= 15 is 0 Å².